The van der Waals surface area contributed by atoms with Crippen LogP contribution in [0.25, 0.3) is 0 Å². The highest BCUT2D eigenvalue weighted by Crippen LogP contribution is 2.49. The third kappa shape index (κ3) is 2.36. The minimum Gasteiger partial charge on any atom is -0.469 e. The monoisotopic (exact) mass is 277 g/mol. The summed E-state index contributed by atoms with van der Waals surface area (Å²) in [6.07, 6.45) is 10.3. The van der Waals surface area contributed by atoms with Crippen molar-refractivity contribution >= 4 is 11.9 Å². The van der Waals surface area contributed by atoms with Gasteiger partial charge in [-0.1, -0.05) is 12.2 Å². The zero-order chi connectivity index (χ0) is 14.1. The van der Waals surface area contributed by atoms with E-state index in [1.807, 2.05) is 0 Å². The Hall–Kier alpha value is -1.32. The summed E-state index contributed by atoms with van der Waals surface area (Å²) in [5.41, 5.74) is 0. The van der Waals surface area contributed by atoms with Crippen LogP contribution in [0, 0.1) is 23.7 Å². The molecule has 0 aromatic carbocycles. The SMILES string of the molecule is COC(=O)C1C2CCC(C2)C1NC(=O)C1CC=CCC1. The van der Waals surface area contributed by atoms with Crippen LogP contribution in [-0.4, -0.2) is 25.0 Å². The molecule has 2 bridgehead atoms. The summed E-state index contributed by atoms with van der Waals surface area (Å²) in [6.45, 7) is 0. The van der Waals surface area contributed by atoms with Crippen LogP contribution >= 0.6 is 0 Å². The Balaban J connectivity index is 1.67. The van der Waals surface area contributed by atoms with Crippen molar-refractivity contribution in [2.75, 3.05) is 7.11 Å². The van der Waals surface area contributed by atoms with E-state index in [-0.39, 0.29) is 29.8 Å². The van der Waals surface area contributed by atoms with Gasteiger partial charge in [-0.15, -0.1) is 0 Å². The number of amides is 1. The third-order valence-electron chi connectivity index (χ3n) is 5.34. The van der Waals surface area contributed by atoms with Crippen LogP contribution in [0.15, 0.2) is 12.2 Å². The van der Waals surface area contributed by atoms with E-state index in [9.17, 15) is 9.59 Å². The number of carbonyl (C=O) groups is 2. The van der Waals surface area contributed by atoms with E-state index in [0.29, 0.717) is 11.8 Å². The molecule has 5 unspecified atom stereocenters. The summed E-state index contributed by atoms with van der Waals surface area (Å²) in [5.74, 6) is 0.808. The van der Waals surface area contributed by atoms with Gasteiger partial charge in [-0.3, -0.25) is 9.59 Å². The summed E-state index contributed by atoms with van der Waals surface area (Å²) >= 11 is 0. The first kappa shape index (κ1) is 13.7. The van der Waals surface area contributed by atoms with Crippen molar-refractivity contribution in [3.63, 3.8) is 0 Å². The highest BCUT2D eigenvalue weighted by Gasteiger charge is 2.52. The third-order valence-corrected chi connectivity index (χ3v) is 5.34. The molecule has 5 atom stereocenters. The van der Waals surface area contributed by atoms with Crippen molar-refractivity contribution in [1.82, 2.24) is 5.32 Å². The molecule has 0 aromatic rings. The fraction of sp³-hybridized carbons (Fsp3) is 0.750. The van der Waals surface area contributed by atoms with Crippen LogP contribution in [0.4, 0.5) is 0 Å². The lowest BCUT2D eigenvalue weighted by Crippen LogP contribution is -2.49. The zero-order valence-corrected chi connectivity index (χ0v) is 12.0. The number of allylic oxidation sites excluding steroid dienone is 2. The van der Waals surface area contributed by atoms with E-state index in [0.717, 1.165) is 38.5 Å². The van der Waals surface area contributed by atoms with Gasteiger partial charge in [0.2, 0.25) is 5.91 Å². The number of ether oxygens (including phenoxy) is 1. The first-order chi connectivity index (χ1) is 9.70. The van der Waals surface area contributed by atoms with Crippen molar-refractivity contribution in [2.24, 2.45) is 23.7 Å². The molecular weight excluding hydrogens is 254 g/mol. The number of rotatable bonds is 3. The minimum atomic E-state index is -0.147. The molecule has 2 fully saturated rings. The first-order valence-corrected chi connectivity index (χ1v) is 7.74. The average Bonchev–Trinajstić information content (AvgIpc) is 3.08. The van der Waals surface area contributed by atoms with E-state index in [1.54, 1.807) is 0 Å². The summed E-state index contributed by atoms with van der Waals surface area (Å²) in [7, 11) is 1.44. The predicted octanol–water partition coefficient (Wildman–Crippen LogP) is 2.05. The topological polar surface area (TPSA) is 55.4 Å². The van der Waals surface area contributed by atoms with Gasteiger partial charge in [0, 0.05) is 12.0 Å². The van der Waals surface area contributed by atoms with Crippen molar-refractivity contribution in [3.05, 3.63) is 12.2 Å². The molecule has 0 heterocycles. The highest BCUT2D eigenvalue weighted by atomic mass is 16.5. The van der Waals surface area contributed by atoms with E-state index >= 15 is 0 Å². The van der Waals surface area contributed by atoms with Crippen LogP contribution in [-0.2, 0) is 14.3 Å². The van der Waals surface area contributed by atoms with E-state index in [2.05, 4.69) is 17.5 Å². The van der Waals surface area contributed by atoms with Gasteiger partial charge in [0.25, 0.3) is 0 Å². The number of esters is 1. The van der Waals surface area contributed by atoms with Gasteiger partial charge < -0.3 is 10.1 Å². The van der Waals surface area contributed by atoms with E-state index < -0.39 is 0 Å². The molecule has 2 saturated carbocycles. The van der Waals surface area contributed by atoms with Gasteiger partial charge in [0.1, 0.15) is 0 Å². The highest BCUT2D eigenvalue weighted by molar-refractivity contribution is 5.81. The molecule has 1 amide bonds. The fourth-order valence-corrected chi connectivity index (χ4v) is 4.29. The Morgan fingerprint density at radius 1 is 1.15 bits per heavy atom. The molecule has 4 nitrogen and oxygen atoms in total. The number of methoxy groups -OCH3 is 1. The molecular formula is C16H23NO3. The Bertz CT molecular complexity index is 431. The number of carbonyl (C=O) groups excluding carboxylic acids is 2. The lowest BCUT2D eigenvalue weighted by atomic mass is 9.83. The standard InChI is InChI=1S/C16H23NO3/c1-20-16(19)13-11-7-8-12(9-11)14(13)17-15(18)10-5-3-2-4-6-10/h2-3,10-14H,4-9H2,1H3,(H,17,18). The second kappa shape index (κ2) is 5.58. The normalized spacial score (nSPS) is 38.8. The lowest BCUT2D eigenvalue weighted by Gasteiger charge is -2.31. The summed E-state index contributed by atoms with van der Waals surface area (Å²) in [6, 6.07) is -0.000365. The molecule has 0 saturated heterocycles. The number of hydrogen-bond acceptors (Lipinski definition) is 3. The minimum absolute atomic E-state index is 0.000365. The van der Waals surface area contributed by atoms with Gasteiger partial charge in [-0.05, 0) is 50.4 Å². The summed E-state index contributed by atoms with van der Waals surface area (Å²) < 4.78 is 4.94. The van der Waals surface area contributed by atoms with Crippen LogP contribution in [0.3, 0.4) is 0 Å². The second-order valence-electron chi connectivity index (χ2n) is 6.40. The maximum Gasteiger partial charge on any atom is 0.311 e. The number of fused-ring (bicyclic) bond motifs is 2. The molecule has 0 radical (unpaired) electrons. The Labute approximate surface area is 119 Å². The maximum atomic E-state index is 12.4. The molecule has 3 aliphatic rings. The largest absolute Gasteiger partial charge is 0.469 e. The van der Waals surface area contributed by atoms with Gasteiger partial charge in [0.05, 0.1) is 13.0 Å². The number of nitrogens with one attached hydrogen (secondary N) is 1. The molecule has 0 spiro atoms. The smallest absolute Gasteiger partial charge is 0.311 e. The van der Waals surface area contributed by atoms with Crippen molar-refractivity contribution in [2.45, 2.75) is 44.6 Å². The van der Waals surface area contributed by atoms with E-state index in [4.69, 9.17) is 4.74 Å². The average molecular weight is 277 g/mol. The Kier molecular flexibility index (Phi) is 3.81. The predicted molar refractivity (Wildman–Crippen MR) is 74.7 cm³/mol. The molecule has 3 rings (SSSR count). The van der Waals surface area contributed by atoms with Crippen molar-refractivity contribution < 1.29 is 14.3 Å². The van der Waals surface area contributed by atoms with Gasteiger partial charge in [0.15, 0.2) is 0 Å². The van der Waals surface area contributed by atoms with Gasteiger partial charge in [-0.25, -0.2) is 0 Å². The Morgan fingerprint density at radius 2 is 1.95 bits per heavy atom. The lowest BCUT2D eigenvalue weighted by molar-refractivity contribution is -0.148. The zero-order valence-electron chi connectivity index (χ0n) is 12.0. The summed E-state index contributed by atoms with van der Waals surface area (Å²) in [4.78, 5) is 24.4. The first-order valence-electron chi connectivity index (χ1n) is 7.74. The van der Waals surface area contributed by atoms with Crippen LogP contribution in [0.1, 0.15) is 38.5 Å². The maximum absolute atomic E-state index is 12.4. The number of hydrogen-bond donors (Lipinski definition) is 1. The molecule has 4 heteroatoms. The van der Waals surface area contributed by atoms with Crippen LogP contribution < -0.4 is 5.32 Å². The Morgan fingerprint density at radius 3 is 2.65 bits per heavy atom. The quantitative estimate of drug-likeness (QED) is 0.634. The molecule has 0 aliphatic heterocycles. The fourth-order valence-electron chi connectivity index (χ4n) is 4.29. The summed E-state index contributed by atoms with van der Waals surface area (Å²) in [5, 5.41) is 3.17. The molecule has 20 heavy (non-hydrogen) atoms. The molecule has 3 aliphatic carbocycles. The van der Waals surface area contributed by atoms with Gasteiger partial charge >= 0.3 is 5.97 Å². The van der Waals surface area contributed by atoms with Crippen molar-refractivity contribution in [1.29, 1.82) is 0 Å². The molecule has 110 valence electrons. The molecule has 0 aromatic heterocycles. The van der Waals surface area contributed by atoms with E-state index in [1.165, 1.54) is 7.11 Å². The second-order valence-corrected chi connectivity index (χ2v) is 6.40. The van der Waals surface area contributed by atoms with Crippen LogP contribution in [0.2, 0.25) is 0 Å². The van der Waals surface area contributed by atoms with Gasteiger partial charge in [-0.2, -0.15) is 0 Å². The van der Waals surface area contributed by atoms with Crippen LogP contribution in [0.5, 0.6) is 0 Å². The van der Waals surface area contributed by atoms with Crippen molar-refractivity contribution in [3.8, 4) is 0 Å². The molecule has 1 N–H and O–H groups in total.